The van der Waals surface area contributed by atoms with Crippen LogP contribution in [-0.4, -0.2) is 30.9 Å². The number of ether oxygens (including phenoxy) is 3. The first-order valence-electron chi connectivity index (χ1n) is 7.93. The van der Waals surface area contributed by atoms with Gasteiger partial charge < -0.3 is 19.5 Å². The van der Waals surface area contributed by atoms with Gasteiger partial charge in [0.2, 0.25) is 0 Å². The van der Waals surface area contributed by atoms with Gasteiger partial charge in [-0.1, -0.05) is 32.0 Å². The predicted molar refractivity (Wildman–Crippen MR) is 90.8 cm³/mol. The number of esters is 1. The molecule has 1 atom stereocenters. The van der Waals surface area contributed by atoms with Gasteiger partial charge in [0.1, 0.15) is 11.4 Å². The Bertz CT molecular complexity index is 563. The molecule has 0 fully saturated rings. The second-order valence-electron chi connectivity index (χ2n) is 6.77. The lowest BCUT2D eigenvalue weighted by Gasteiger charge is -2.22. The van der Waals surface area contributed by atoms with E-state index in [-0.39, 0.29) is 12.5 Å². The lowest BCUT2D eigenvalue weighted by molar-refractivity contribution is -0.150. The number of hydrogen-bond donors (Lipinski definition) is 1. The molecule has 1 N–H and O–H groups in total. The summed E-state index contributed by atoms with van der Waals surface area (Å²) in [6, 6.07) is 7.22. The van der Waals surface area contributed by atoms with Crippen molar-refractivity contribution in [2.24, 2.45) is 5.92 Å². The van der Waals surface area contributed by atoms with Gasteiger partial charge in [-0.25, -0.2) is 9.59 Å². The van der Waals surface area contributed by atoms with Gasteiger partial charge in [-0.2, -0.15) is 0 Å². The van der Waals surface area contributed by atoms with E-state index in [0.29, 0.717) is 5.75 Å². The van der Waals surface area contributed by atoms with Crippen molar-refractivity contribution in [2.75, 3.05) is 7.11 Å². The first kappa shape index (κ1) is 19.8. The minimum absolute atomic E-state index is 0.0516. The fraction of sp³-hybridized carbons (Fsp3) is 0.556. The van der Waals surface area contributed by atoms with Crippen LogP contribution in [0.15, 0.2) is 24.3 Å². The average Bonchev–Trinajstić information content (AvgIpc) is 2.48. The van der Waals surface area contributed by atoms with Crippen molar-refractivity contribution in [1.29, 1.82) is 0 Å². The molecule has 1 amide bonds. The monoisotopic (exact) mass is 337 g/mol. The highest BCUT2D eigenvalue weighted by atomic mass is 16.6. The number of hydrogen-bond acceptors (Lipinski definition) is 5. The molecule has 0 saturated heterocycles. The van der Waals surface area contributed by atoms with Crippen molar-refractivity contribution in [3.8, 4) is 5.75 Å². The molecule has 0 radical (unpaired) electrons. The number of carbonyl (C=O) groups is 2. The maximum Gasteiger partial charge on any atom is 0.407 e. The summed E-state index contributed by atoms with van der Waals surface area (Å²) < 4.78 is 15.8. The molecular weight excluding hydrogens is 310 g/mol. The lowest BCUT2D eigenvalue weighted by atomic mass is 10.1. The van der Waals surface area contributed by atoms with Gasteiger partial charge in [-0.3, -0.25) is 0 Å². The normalized spacial score (nSPS) is 12.5. The molecule has 134 valence electrons. The highest BCUT2D eigenvalue weighted by Gasteiger charge is 2.26. The summed E-state index contributed by atoms with van der Waals surface area (Å²) in [5, 5.41) is 2.68. The molecule has 0 aromatic heterocycles. The van der Waals surface area contributed by atoms with Gasteiger partial charge in [-0.15, -0.1) is 0 Å². The molecule has 0 unspecified atom stereocenters. The number of alkyl carbamates (subject to hydrolysis) is 1. The van der Waals surface area contributed by atoms with Crippen molar-refractivity contribution in [2.45, 2.75) is 52.9 Å². The van der Waals surface area contributed by atoms with Crippen LogP contribution in [0.4, 0.5) is 4.79 Å². The molecule has 0 aliphatic rings. The Morgan fingerprint density at radius 1 is 1.17 bits per heavy atom. The van der Waals surface area contributed by atoms with Gasteiger partial charge in [-0.05, 0) is 26.8 Å². The van der Waals surface area contributed by atoms with Crippen LogP contribution in [0.3, 0.4) is 0 Å². The Labute approximate surface area is 143 Å². The van der Waals surface area contributed by atoms with Crippen molar-refractivity contribution in [3.63, 3.8) is 0 Å². The zero-order chi connectivity index (χ0) is 18.3. The molecule has 0 bridgehead atoms. The van der Waals surface area contributed by atoms with E-state index in [0.717, 1.165) is 5.56 Å². The Morgan fingerprint density at radius 2 is 1.79 bits per heavy atom. The highest BCUT2D eigenvalue weighted by Crippen LogP contribution is 2.22. The molecular formula is C18H27NO5. The maximum absolute atomic E-state index is 11.9. The minimum atomic E-state index is -0.710. The summed E-state index contributed by atoms with van der Waals surface area (Å²) in [5.41, 5.74) is 0.186. The van der Waals surface area contributed by atoms with E-state index < -0.39 is 23.8 Å². The molecule has 6 heteroatoms. The maximum atomic E-state index is 11.9. The van der Waals surface area contributed by atoms with E-state index in [4.69, 9.17) is 14.2 Å². The fourth-order valence-corrected chi connectivity index (χ4v) is 1.96. The van der Waals surface area contributed by atoms with Crippen molar-refractivity contribution in [1.82, 2.24) is 5.32 Å². The Balaban J connectivity index is 2.81. The summed E-state index contributed by atoms with van der Waals surface area (Å²) >= 11 is 0. The Morgan fingerprint density at radius 3 is 2.33 bits per heavy atom. The van der Waals surface area contributed by atoms with Gasteiger partial charge in [0, 0.05) is 18.0 Å². The van der Waals surface area contributed by atoms with Crippen molar-refractivity contribution in [3.05, 3.63) is 29.8 Å². The van der Waals surface area contributed by atoms with Crippen LogP contribution < -0.4 is 10.1 Å². The third-order valence-corrected chi connectivity index (χ3v) is 3.09. The quantitative estimate of drug-likeness (QED) is 0.806. The first-order valence-corrected chi connectivity index (χ1v) is 7.93. The van der Waals surface area contributed by atoms with Crippen LogP contribution in [0, 0.1) is 5.92 Å². The average molecular weight is 337 g/mol. The molecule has 1 aromatic rings. The third kappa shape index (κ3) is 6.48. The highest BCUT2D eigenvalue weighted by molar-refractivity contribution is 5.75. The number of rotatable bonds is 6. The molecule has 0 heterocycles. The van der Waals surface area contributed by atoms with Crippen LogP contribution in [-0.2, 0) is 20.8 Å². The Kier molecular flexibility index (Phi) is 7.07. The largest absolute Gasteiger partial charge is 0.478 e. The molecule has 0 saturated carbocycles. The van der Waals surface area contributed by atoms with Crippen LogP contribution >= 0.6 is 0 Å². The standard InChI is InChI=1S/C18H27NO5/c1-12(2)15(16(20)22-6)23-14-10-8-7-9-13(14)11-19-17(21)24-18(3,4)5/h7-10,12,15H,11H2,1-6H3,(H,19,21)/t15-/m1/s1. The molecule has 0 aliphatic carbocycles. The number of methoxy groups -OCH3 is 1. The Hall–Kier alpha value is -2.24. The molecule has 6 nitrogen and oxygen atoms in total. The second kappa shape index (κ2) is 8.57. The van der Waals surface area contributed by atoms with Gasteiger partial charge in [0.15, 0.2) is 6.10 Å². The third-order valence-electron chi connectivity index (χ3n) is 3.09. The summed E-state index contributed by atoms with van der Waals surface area (Å²) in [6.45, 7) is 9.39. The lowest BCUT2D eigenvalue weighted by Crippen LogP contribution is -2.34. The van der Waals surface area contributed by atoms with Crippen LogP contribution in [0.1, 0.15) is 40.2 Å². The smallest absolute Gasteiger partial charge is 0.407 e. The van der Waals surface area contributed by atoms with Crippen molar-refractivity contribution >= 4 is 12.1 Å². The number of para-hydroxylation sites is 1. The number of benzene rings is 1. The summed E-state index contributed by atoms with van der Waals surface area (Å²) in [7, 11) is 1.33. The van der Waals surface area contributed by atoms with Gasteiger partial charge >= 0.3 is 12.1 Å². The number of carbonyl (C=O) groups excluding carboxylic acids is 2. The molecule has 1 aromatic carbocycles. The van der Waals surface area contributed by atoms with E-state index in [1.165, 1.54) is 7.11 Å². The van der Waals surface area contributed by atoms with Crippen LogP contribution in [0.5, 0.6) is 5.75 Å². The molecule has 1 rings (SSSR count). The van der Waals surface area contributed by atoms with Gasteiger partial charge in [0.05, 0.1) is 7.11 Å². The number of nitrogens with one attached hydrogen (secondary N) is 1. The molecule has 24 heavy (non-hydrogen) atoms. The fourth-order valence-electron chi connectivity index (χ4n) is 1.96. The van der Waals surface area contributed by atoms with E-state index in [9.17, 15) is 9.59 Å². The van der Waals surface area contributed by atoms with Crippen molar-refractivity contribution < 1.29 is 23.8 Å². The van der Waals surface area contributed by atoms with Crippen LogP contribution in [0.2, 0.25) is 0 Å². The summed E-state index contributed by atoms with van der Waals surface area (Å²) in [5.74, 6) is 0.0434. The minimum Gasteiger partial charge on any atom is -0.478 e. The van der Waals surface area contributed by atoms with Crippen LogP contribution in [0.25, 0.3) is 0 Å². The molecule has 0 aliphatic heterocycles. The van der Waals surface area contributed by atoms with E-state index >= 15 is 0 Å². The topological polar surface area (TPSA) is 73.9 Å². The van der Waals surface area contributed by atoms with E-state index in [1.54, 1.807) is 32.9 Å². The SMILES string of the molecule is COC(=O)[C@H](Oc1ccccc1CNC(=O)OC(C)(C)C)C(C)C. The van der Waals surface area contributed by atoms with E-state index in [2.05, 4.69) is 5.32 Å². The zero-order valence-electron chi connectivity index (χ0n) is 15.2. The summed E-state index contributed by atoms with van der Waals surface area (Å²) in [4.78, 5) is 23.6. The summed E-state index contributed by atoms with van der Waals surface area (Å²) in [6.07, 6.45) is -1.22. The zero-order valence-corrected chi connectivity index (χ0v) is 15.2. The number of amides is 1. The first-order chi connectivity index (χ1) is 11.1. The predicted octanol–water partition coefficient (Wildman–Crippen LogP) is 3.29. The van der Waals surface area contributed by atoms with Gasteiger partial charge in [0.25, 0.3) is 0 Å². The molecule has 0 spiro atoms. The second-order valence-corrected chi connectivity index (χ2v) is 6.77. The van der Waals surface area contributed by atoms with E-state index in [1.807, 2.05) is 26.0 Å².